The number of rotatable bonds is 4. The van der Waals surface area contributed by atoms with Gasteiger partial charge in [-0.05, 0) is 20.3 Å². The van der Waals surface area contributed by atoms with Crippen LogP contribution in [0.5, 0.6) is 0 Å². The first-order valence-corrected chi connectivity index (χ1v) is 4.42. The molecule has 1 atom stereocenters. The van der Waals surface area contributed by atoms with Gasteiger partial charge >= 0.3 is 0 Å². The van der Waals surface area contributed by atoms with Crippen molar-refractivity contribution < 1.29 is 9.47 Å². The van der Waals surface area contributed by atoms with Gasteiger partial charge in [-0.2, -0.15) is 0 Å². The predicted molar refractivity (Wildman–Crippen MR) is 44.7 cm³/mol. The molecule has 2 heteroatoms. The van der Waals surface area contributed by atoms with E-state index in [-0.39, 0.29) is 5.60 Å². The number of ether oxygens (including phenoxy) is 2. The second-order valence-electron chi connectivity index (χ2n) is 3.63. The van der Waals surface area contributed by atoms with Gasteiger partial charge in [-0.3, -0.25) is 0 Å². The first-order valence-electron chi connectivity index (χ1n) is 4.42. The predicted octanol–water partition coefficient (Wildman–Crippen LogP) is 1.98. The van der Waals surface area contributed by atoms with Crippen molar-refractivity contribution in [1.82, 2.24) is 0 Å². The fraction of sp³-hybridized carbons (Fsp3) is 1.00. The van der Waals surface area contributed by atoms with Crippen LogP contribution in [0.25, 0.3) is 0 Å². The highest BCUT2D eigenvalue weighted by Crippen LogP contribution is 2.28. The zero-order valence-corrected chi connectivity index (χ0v) is 7.72. The molecule has 0 radical (unpaired) electrons. The minimum Gasteiger partial charge on any atom is -0.373 e. The molecular weight excluding hydrogens is 140 g/mol. The molecule has 11 heavy (non-hydrogen) atoms. The van der Waals surface area contributed by atoms with Crippen molar-refractivity contribution >= 4 is 0 Å². The highest BCUT2D eigenvalue weighted by molar-refractivity contribution is 4.88. The Morgan fingerprint density at radius 1 is 1.55 bits per heavy atom. The topological polar surface area (TPSA) is 18.5 Å². The smallest absolute Gasteiger partial charge is 0.109 e. The third kappa shape index (κ3) is 2.17. The van der Waals surface area contributed by atoms with Gasteiger partial charge in [0.15, 0.2) is 0 Å². The molecule has 1 saturated heterocycles. The Hall–Kier alpha value is -0.0800. The Morgan fingerprint density at radius 2 is 2.27 bits per heavy atom. The van der Waals surface area contributed by atoms with Gasteiger partial charge in [-0.15, -0.1) is 0 Å². The molecule has 1 fully saturated rings. The Kier molecular flexibility index (Phi) is 2.90. The van der Waals surface area contributed by atoms with Crippen LogP contribution in [0, 0.1) is 0 Å². The van der Waals surface area contributed by atoms with Crippen LogP contribution in [0.2, 0.25) is 0 Å². The minimum atomic E-state index is -0.0340. The van der Waals surface area contributed by atoms with E-state index in [9.17, 15) is 0 Å². The molecule has 0 bridgehead atoms. The summed E-state index contributed by atoms with van der Waals surface area (Å²) in [6, 6.07) is 0. The lowest BCUT2D eigenvalue weighted by molar-refractivity contribution is -0.238. The van der Waals surface area contributed by atoms with Crippen molar-refractivity contribution in [1.29, 1.82) is 0 Å². The van der Waals surface area contributed by atoms with Crippen molar-refractivity contribution in [2.75, 3.05) is 13.2 Å². The van der Waals surface area contributed by atoms with E-state index in [0.717, 1.165) is 19.6 Å². The first kappa shape index (κ1) is 9.01. The van der Waals surface area contributed by atoms with Crippen LogP contribution in [0.4, 0.5) is 0 Å². The first-order chi connectivity index (χ1) is 5.17. The molecule has 66 valence electrons. The molecule has 1 heterocycles. The number of hydrogen-bond acceptors (Lipinski definition) is 2. The van der Waals surface area contributed by atoms with Crippen LogP contribution in [0.1, 0.15) is 33.6 Å². The molecule has 1 unspecified atom stereocenters. The van der Waals surface area contributed by atoms with Gasteiger partial charge in [-0.25, -0.2) is 0 Å². The lowest BCUT2D eigenvalue weighted by Gasteiger charge is -2.43. The maximum atomic E-state index is 5.61. The molecule has 0 aliphatic carbocycles. The lowest BCUT2D eigenvalue weighted by Crippen LogP contribution is -2.55. The van der Waals surface area contributed by atoms with E-state index in [1.165, 1.54) is 6.42 Å². The van der Waals surface area contributed by atoms with Crippen molar-refractivity contribution in [2.45, 2.75) is 45.3 Å². The van der Waals surface area contributed by atoms with Crippen LogP contribution in [-0.2, 0) is 9.47 Å². The molecule has 0 saturated carbocycles. The zero-order valence-electron chi connectivity index (χ0n) is 7.72. The molecule has 1 rings (SSSR count). The summed E-state index contributed by atoms with van der Waals surface area (Å²) in [6.45, 7) is 7.98. The van der Waals surface area contributed by atoms with Gasteiger partial charge in [0.25, 0.3) is 0 Å². The maximum absolute atomic E-state index is 5.61. The largest absolute Gasteiger partial charge is 0.373 e. The molecule has 2 nitrogen and oxygen atoms in total. The van der Waals surface area contributed by atoms with Crippen molar-refractivity contribution in [2.24, 2.45) is 0 Å². The summed E-state index contributed by atoms with van der Waals surface area (Å²) in [7, 11) is 0. The van der Waals surface area contributed by atoms with Crippen LogP contribution < -0.4 is 0 Å². The van der Waals surface area contributed by atoms with E-state index in [1.54, 1.807) is 0 Å². The van der Waals surface area contributed by atoms with E-state index in [2.05, 4.69) is 20.8 Å². The van der Waals surface area contributed by atoms with Crippen molar-refractivity contribution in [3.63, 3.8) is 0 Å². The summed E-state index contributed by atoms with van der Waals surface area (Å²) in [6.07, 6.45) is 2.69. The van der Waals surface area contributed by atoms with E-state index >= 15 is 0 Å². The van der Waals surface area contributed by atoms with E-state index < -0.39 is 0 Å². The number of unbranched alkanes of at least 4 members (excludes halogenated alkanes) is 1. The standard InChI is InChI=1S/C9H18O2/c1-4-5-6-10-8-7-11-9(8,2)3/h8H,4-7H2,1-3H3. The summed E-state index contributed by atoms with van der Waals surface area (Å²) in [4.78, 5) is 0. The highest BCUT2D eigenvalue weighted by atomic mass is 16.6. The fourth-order valence-electron chi connectivity index (χ4n) is 1.10. The molecule has 0 N–H and O–H groups in total. The Labute approximate surface area is 68.9 Å². The second kappa shape index (κ2) is 3.55. The van der Waals surface area contributed by atoms with Crippen molar-refractivity contribution in [3.05, 3.63) is 0 Å². The lowest BCUT2D eigenvalue weighted by atomic mass is 9.96. The Balaban J connectivity index is 2.08. The van der Waals surface area contributed by atoms with Crippen molar-refractivity contribution in [3.8, 4) is 0 Å². The Bertz CT molecular complexity index is 121. The average Bonchev–Trinajstić information content (AvgIpc) is 1.96. The summed E-state index contributed by atoms with van der Waals surface area (Å²) < 4.78 is 10.9. The highest BCUT2D eigenvalue weighted by Gasteiger charge is 2.40. The SMILES string of the molecule is CCCCOC1COC1(C)C. The van der Waals surface area contributed by atoms with E-state index in [4.69, 9.17) is 9.47 Å². The van der Waals surface area contributed by atoms with Crippen LogP contribution in [0.15, 0.2) is 0 Å². The quantitative estimate of drug-likeness (QED) is 0.582. The fourth-order valence-corrected chi connectivity index (χ4v) is 1.10. The maximum Gasteiger partial charge on any atom is 0.109 e. The summed E-state index contributed by atoms with van der Waals surface area (Å²) in [5.74, 6) is 0. The normalized spacial score (nSPS) is 28.1. The average molecular weight is 158 g/mol. The summed E-state index contributed by atoms with van der Waals surface area (Å²) in [5.41, 5.74) is -0.0340. The molecule has 0 aromatic carbocycles. The number of hydrogen-bond donors (Lipinski definition) is 0. The monoisotopic (exact) mass is 158 g/mol. The van der Waals surface area contributed by atoms with Crippen LogP contribution >= 0.6 is 0 Å². The molecule has 0 spiro atoms. The second-order valence-corrected chi connectivity index (χ2v) is 3.63. The van der Waals surface area contributed by atoms with Crippen LogP contribution in [-0.4, -0.2) is 24.9 Å². The third-order valence-electron chi connectivity index (χ3n) is 2.20. The molecule has 1 aliphatic rings. The van der Waals surface area contributed by atoms with E-state index in [0.29, 0.717) is 6.10 Å². The zero-order chi connectivity index (χ0) is 8.32. The van der Waals surface area contributed by atoms with Gasteiger partial charge in [-0.1, -0.05) is 13.3 Å². The van der Waals surface area contributed by atoms with Crippen LogP contribution in [0.3, 0.4) is 0 Å². The summed E-state index contributed by atoms with van der Waals surface area (Å²) in [5, 5.41) is 0. The molecule has 1 aliphatic heterocycles. The third-order valence-corrected chi connectivity index (χ3v) is 2.20. The van der Waals surface area contributed by atoms with Gasteiger partial charge < -0.3 is 9.47 Å². The Morgan fingerprint density at radius 3 is 2.64 bits per heavy atom. The van der Waals surface area contributed by atoms with E-state index in [1.807, 2.05) is 0 Å². The molecular formula is C9H18O2. The van der Waals surface area contributed by atoms with Gasteiger partial charge in [0.2, 0.25) is 0 Å². The molecule has 0 aromatic rings. The molecule has 0 aromatic heterocycles. The molecule has 0 amide bonds. The van der Waals surface area contributed by atoms with Gasteiger partial charge in [0.1, 0.15) is 6.10 Å². The van der Waals surface area contributed by atoms with Gasteiger partial charge in [0.05, 0.1) is 12.2 Å². The van der Waals surface area contributed by atoms with Gasteiger partial charge in [0, 0.05) is 6.61 Å². The minimum absolute atomic E-state index is 0.0340. The summed E-state index contributed by atoms with van der Waals surface area (Å²) >= 11 is 0.